The first-order valence-corrected chi connectivity index (χ1v) is 7.27. The Morgan fingerprint density at radius 2 is 2.33 bits per heavy atom. The zero-order chi connectivity index (χ0) is 15.4. The summed E-state index contributed by atoms with van der Waals surface area (Å²) in [5, 5.41) is 9.19. The zero-order valence-corrected chi connectivity index (χ0v) is 12.8. The molecule has 1 saturated heterocycles. The summed E-state index contributed by atoms with van der Waals surface area (Å²) in [4.78, 5) is 14.3. The van der Waals surface area contributed by atoms with Gasteiger partial charge >= 0.3 is 0 Å². The van der Waals surface area contributed by atoms with Crippen LogP contribution in [0.1, 0.15) is 19.4 Å². The standard InChI is InChI=1S/C16H23NO4/c1-11-5-4-6-14(7-11)21-13(3)16(19)17-8-15(9-18)20-10-12(17)2/h4-7,12-13,15,18H,8-10H2,1-3H3. The quantitative estimate of drug-likeness (QED) is 0.911. The molecule has 116 valence electrons. The second kappa shape index (κ2) is 6.91. The predicted octanol–water partition coefficient (Wildman–Crippen LogP) is 1.37. The fourth-order valence-corrected chi connectivity index (χ4v) is 2.41. The number of nitrogens with zero attached hydrogens (tertiary/aromatic N) is 1. The van der Waals surface area contributed by atoms with Crippen LogP contribution < -0.4 is 4.74 Å². The van der Waals surface area contributed by atoms with Gasteiger partial charge in [-0.3, -0.25) is 4.79 Å². The van der Waals surface area contributed by atoms with E-state index in [0.29, 0.717) is 18.9 Å². The van der Waals surface area contributed by atoms with Gasteiger partial charge < -0.3 is 19.5 Å². The lowest BCUT2D eigenvalue weighted by atomic mass is 10.1. The van der Waals surface area contributed by atoms with Crippen molar-refractivity contribution in [2.45, 2.75) is 39.0 Å². The lowest BCUT2D eigenvalue weighted by molar-refractivity contribution is -0.152. The van der Waals surface area contributed by atoms with E-state index < -0.39 is 6.10 Å². The van der Waals surface area contributed by atoms with E-state index in [1.54, 1.807) is 11.8 Å². The molecule has 1 N–H and O–H groups in total. The summed E-state index contributed by atoms with van der Waals surface area (Å²) in [6.45, 7) is 6.43. The highest BCUT2D eigenvalue weighted by Gasteiger charge is 2.32. The molecule has 0 bridgehead atoms. The first-order valence-electron chi connectivity index (χ1n) is 7.27. The van der Waals surface area contributed by atoms with Crippen LogP contribution in [0.15, 0.2) is 24.3 Å². The van der Waals surface area contributed by atoms with Crippen LogP contribution in [0.3, 0.4) is 0 Å². The van der Waals surface area contributed by atoms with Gasteiger partial charge in [0, 0.05) is 6.54 Å². The molecule has 0 saturated carbocycles. The van der Waals surface area contributed by atoms with Gasteiger partial charge in [0.05, 0.1) is 25.4 Å². The molecule has 1 aromatic carbocycles. The van der Waals surface area contributed by atoms with Gasteiger partial charge in [-0.1, -0.05) is 12.1 Å². The average Bonchev–Trinajstić information content (AvgIpc) is 2.47. The van der Waals surface area contributed by atoms with Crippen molar-refractivity contribution in [3.63, 3.8) is 0 Å². The van der Waals surface area contributed by atoms with Gasteiger partial charge in [0.1, 0.15) is 5.75 Å². The summed E-state index contributed by atoms with van der Waals surface area (Å²) in [6.07, 6.45) is -0.872. The number of aryl methyl sites for hydroxylation is 1. The van der Waals surface area contributed by atoms with E-state index in [-0.39, 0.29) is 24.7 Å². The number of carbonyl (C=O) groups excluding carboxylic acids is 1. The number of rotatable bonds is 4. The molecular formula is C16H23NO4. The molecule has 2 rings (SSSR count). The molecule has 1 fully saturated rings. The molecule has 0 aromatic heterocycles. The minimum atomic E-state index is -0.563. The van der Waals surface area contributed by atoms with Gasteiger partial charge in [-0.15, -0.1) is 0 Å². The molecule has 1 aliphatic rings. The molecule has 0 radical (unpaired) electrons. The SMILES string of the molecule is Cc1cccc(OC(C)C(=O)N2CC(CO)OCC2C)c1. The Morgan fingerprint density at radius 3 is 3.00 bits per heavy atom. The van der Waals surface area contributed by atoms with Gasteiger partial charge in [-0.25, -0.2) is 0 Å². The summed E-state index contributed by atoms with van der Waals surface area (Å²) in [5.74, 6) is 0.612. The van der Waals surface area contributed by atoms with E-state index in [2.05, 4.69) is 0 Å². The Labute approximate surface area is 125 Å². The smallest absolute Gasteiger partial charge is 0.263 e. The maximum Gasteiger partial charge on any atom is 0.263 e. The fourth-order valence-electron chi connectivity index (χ4n) is 2.41. The highest BCUT2D eigenvalue weighted by molar-refractivity contribution is 5.81. The van der Waals surface area contributed by atoms with Gasteiger partial charge in [-0.05, 0) is 38.5 Å². The lowest BCUT2D eigenvalue weighted by Gasteiger charge is -2.38. The summed E-state index contributed by atoms with van der Waals surface area (Å²) < 4.78 is 11.2. The van der Waals surface area contributed by atoms with Gasteiger partial charge in [0.15, 0.2) is 6.10 Å². The number of aliphatic hydroxyl groups is 1. The molecular weight excluding hydrogens is 270 g/mol. The molecule has 1 heterocycles. The summed E-state index contributed by atoms with van der Waals surface area (Å²) >= 11 is 0. The first kappa shape index (κ1) is 15.8. The summed E-state index contributed by atoms with van der Waals surface area (Å²) in [7, 11) is 0. The predicted molar refractivity (Wildman–Crippen MR) is 79.3 cm³/mol. The number of benzene rings is 1. The van der Waals surface area contributed by atoms with E-state index in [9.17, 15) is 9.90 Å². The number of morpholine rings is 1. The van der Waals surface area contributed by atoms with Crippen molar-refractivity contribution in [2.75, 3.05) is 19.8 Å². The van der Waals surface area contributed by atoms with Crippen LogP contribution in [0.2, 0.25) is 0 Å². The number of amides is 1. The molecule has 21 heavy (non-hydrogen) atoms. The van der Waals surface area contributed by atoms with Gasteiger partial charge in [0.2, 0.25) is 0 Å². The second-order valence-electron chi connectivity index (χ2n) is 5.55. The molecule has 3 unspecified atom stereocenters. The molecule has 5 nitrogen and oxygen atoms in total. The van der Waals surface area contributed by atoms with Crippen molar-refractivity contribution in [2.24, 2.45) is 0 Å². The highest BCUT2D eigenvalue weighted by Crippen LogP contribution is 2.18. The van der Waals surface area contributed by atoms with E-state index in [0.717, 1.165) is 5.56 Å². The first-order chi connectivity index (χ1) is 10.0. The normalized spacial score (nSPS) is 23.7. The maximum atomic E-state index is 12.5. The van der Waals surface area contributed by atoms with Crippen molar-refractivity contribution in [1.29, 1.82) is 0 Å². The second-order valence-corrected chi connectivity index (χ2v) is 5.55. The number of hydrogen-bond acceptors (Lipinski definition) is 4. The third-order valence-electron chi connectivity index (χ3n) is 3.64. The molecule has 5 heteroatoms. The van der Waals surface area contributed by atoms with Crippen LogP contribution in [-0.2, 0) is 9.53 Å². The number of hydrogen-bond donors (Lipinski definition) is 1. The van der Waals surface area contributed by atoms with Crippen LogP contribution in [0.4, 0.5) is 0 Å². The third-order valence-corrected chi connectivity index (χ3v) is 3.64. The van der Waals surface area contributed by atoms with Crippen molar-refractivity contribution in [3.8, 4) is 5.75 Å². The molecule has 0 aliphatic carbocycles. The minimum Gasteiger partial charge on any atom is -0.481 e. The third kappa shape index (κ3) is 3.95. The molecule has 3 atom stereocenters. The van der Waals surface area contributed by atoms with E-state index in [1.807, 2.05) is 38.1 Å². The molecule has 0 spiro atoms. The van der Waals surface area contributed by atoms with Crippen molar-refractivity contribution < 1.29 is 19.4 Å². The zero-order valence-electron chi connectivity index (χ0n) is 12.8. The van der Waals surface area contributed by atoms with Crippen LogP contribution in [0.5, 0.6) is 5.75 Å². The van der Waals surface area contributed by atoms with E-state index in [1.165, 1.54) is 0 Å². The average molecular weight is 293 g/mol. The molecule has 1 aromatic rings. The van der Waals surface area contributed by atoms with Gasteiger partial charge in [-0.2, -0.15) is 0 Å². The number of carbonyl (C=O) groups is 1. The van der Waals surface area contributed by atoms with Crippen LogP contribution >= 0.6 is 0 Å². The lowest BCUT2D eigenvalue weighted by Crippen LogP contribution is -2.55. The van der Waals surface area contributed by atoms with Crippen molar-refractivity contribution in [3.05, 3.63) is 29.8 Å². The van der Waals surface area contributed by atoms with Crippen molar-refractivity contribution >= 4 is 5.91 Å². The van der Waals surface area contributed by atoms with Crippen LogP contribution in [0, 0.1) is 6.92 Å². The Bertz CT molecular complexity index is 491. The number of aliphatic hydroxyl groups excluding tert-OH is 1. The van der Waals surface area contributed by atoms with Gasteiger partial charge in [0.25, 0.3) is 5.91 Å². The Kier molecular flexibility index (Phi) is 5.20. The van der Waals surface area contributed by atoms with E-state index >= 15 is 0 Å². The minimum absolute atomic E-state index is 0.0103. The Morgan fingerprint density at radius 1 is 1.57 bits per heavy atom. The van der Waals surface area contributed by atoms with E-state index in [4.69, 9.17) is 9.47 Å². The molecule has 1 aliphatic heterocycles. The highest BCUT2D eigenvalue weighted by atomic mass is 16.5. The summed E-state index contributed by atoms with van der Waals surface area (Å²) in [6, 6.07) is 7.62. The Balaban J connectivity index is 2.00. The largest absolute Gasteiger partial charge is 0.481 e. The topological polar surface area (TPSA) is 59.0 Å². The maximum absolute atomic E-state index is 12.5. The summed E-state index contributed by atoms with van der Waals surface area (Å²) in [5.41, 5.74) is 1.09. The van der Waals surface area contributed by atoms with Crippen LogP contribution in [-0.4, -0.2) is 53.9 Å². The Hall–Kier alpha value is -1.59. The molecule has 1 amide bonds. The number of ether oxygens (including phenoxy) is 2. The fraction of sp³-hybridized carbons (Fsp3) is 0.562. The van der Waals surface area contributed by atoms with Crippen molar-refractivity contribution in [1.82, 2.24) is 4.90 Å². The van der Waals surface area contributed by atoms with Crippen LogP contribution in [0.25, 0.3) is 0 Å². The monoisotopic (exact) mass is 293 g/mol.